The lowest BCUT2D eigenvalue weighted by molar-refractivity contribution is 0.0966. The Kier molecular flexibility index (Phi) is 2.47. The lowest BCUT2D eigenvalue weighted by Gasteiger charge is -1.98. The Labute approximate surface area is 89.7 Å². The highest BCUT2D eigenvalue weighted by molar-refractivity contribution is 5.98. The van der Waals surface area contributed by atoms with Gasteiger partial charge in [0.25, 0.3) is 5.91 Å². The van der Waals surface area contributed by atoms with Gasteiger partial charge in [-0.2, -0.15) is 0 Å². The molecule has 1 aliphatic rings. The fourth-order valence-corrected chi connectivity index (χ4v) is 1.59. The van der Waals surface area contributed by atoms with Crippen molar-refractivity contribution in [1.82, 2.24) is 5.32 Å². The summed E-state index contributed by atoms with van der Waals surface area (Å²) < 4.78 is 0. The number of hydrogen-bond acceptors (Lipinski definition) is 1. The molecule has 1 aromatic carbocycles. The van der Waals surface area contributed by atoms with Gasteiger partial charge in [0.2, 0.25) is 0 Å². The molecule has 0 radical (unpaired) electrons. The van der Waals surface area contributed by atoms with Crippen LogP contribution >= 0.6 is 0 Å². The van der Waals surface area contributed by atoms with Crippen LogP contribution in [0.3, 0.4) is 0 Å². The third-order valence-electron chi connectivity index (χ3n) is 2.34. The maximum absolute atomic E-state index is 11.4. The van der Waals surface area contributed by atoms with Crippen LogP contribution < -0.4 is 5.32 Å². The van der Waals surface area contributed by atoms with E-state index in [1.54, 1.807) is 0 Å². The molecule has 0 saturated carbocycles. The first-order chi connectivity index (χ1) is 7.18. The van der Waals surface area contributed by atoms with E-state index < -0.39 is 0 Å². The number of amides is 1. The second-order valence-corrected chi connectivity index (χ2v) is 3.94. The molecule has 0 fully saturated rings. The van der Waals surface area contributed by atoms with Gasteiger partial charge in [0.1, 0.15) is 0 Å². The Morgan fingerprint density at radius 3 is 2.93 bits per heavy atom. The zero-order valence-corrected chi connectivity index (χ0v) is 8.92. The number of nitrogens with one attached hydrogen (secondary N) is 1. The van der Waals surface area contributed by atoms with E-state index in [0.717, 1.165) is 16.7 Å². The molecule has 0 bridgehead atoms. The van der Waals surface area contributed by atoms with E-state index >= 15 is 0 Å². The molecule has 0 saturated heterocycles. The molecule has 76 valence electrons. The van der Waals surface area contributed by atoms with Crippen molar-refractivity contribution in [2.45, 2.75) is 20.4 Å². The summed E-state index contributed by atoms with van der Waals surface area (Å²) in [5.41, 5.74) is 2.78. The molecular formula is C13H13NO. The van der Waals surface area contributed by atoms with E-state index in [4.69, 9.17) is 0 Å². The summed E-state index contributed by atoms with van der Waals surface area (Å²) in [6.45, 7) is 4.72. The predicted octanol–water partition coefficient (Wildman–Crippen LogP) is 1.94. The number of carbonyl (C=O) groups excluding carboxylic acids is 1. The zero-order valence-electron chi connectivity index (χ0n) is 8.92. The van der Waals surface area contributed by atoms with Gasteiger partial charge in [-0.1, -0.05) is 31.8 Å². The standard InChI is InChI=1S/C13H13NO/c1-9(2)6-7-10-4-3-5-11-12(10)8-14-13(11)15/h3-5,9H,8H2,1-2H3,(H,14,15). The second-order valence-electron chi connectivity index (χ2n) is 3.94. The monoisotopic (exact) mass is 199 g/mol. The van der Waals surface area contributed by atoms with Gasteiger partial charge in [-0.25, -0.2) is 0 Å². The van der Waals surface area contributed by atoms with Crippen molar-refractivity contribution in [3.05, 3.63) is 34.9 Å². The molecule has 1 amide bonds. The summed E-state index contributed by atoms with van der Waals surface area (Å²) in [6, 6.07) is 5.70. The van der Waals surface area contributed by atoms with Crippen LogP contribution in [0.2, 0.25) is 0 Å². The molecule has 0 aromatic heterocycles. The first-order valence-electron chi connectivity index (χ1n) is 5.10. The number of carbonyl (C=O) groups is 1. The maximum Gasteiger partial charge on any atom is 0.251 e. The van der Waals surface area contributed by atoms with Gasteiger partial charge in [-0.15, -0.1) is 0 Å². The zero-order chi connectivity index (χ0) is 10.8. The van der Waals surface area contributed by atoms with Crippen LogP contribution in [0, 0.1) is 17.8 Å². The SMILES string of the molecule is CC(C)C#Cc1cccc2c1CNC2=O. The molecule has 2 rings (SSSR count). The normalized spacial score (nSPS) is 13.1. The minimum Gasteiger partial charge on any atom is -0.348 e. The first kappa shape index (κ1) is 9.79. The van der Waals surface area contributed by atoms with Gasteiger partial charge in [-0.05, 0) is 17.7 Å². The summed E-state index contributed by atoms with van der Waals surface area (Å²) in [7, 11) is 0. The van der Waals surface area contributed by atoms with E-state index in [2.05, 4.69) is 31.0 Å². The summed E-state index contributed by atoms with van der Waals surface area (Å²) in [4.78, 5) is 11.4. The molecule has 0 unspecified atom stereocenters. The van der Waals surface area contributed by atoms with Crippen LogP contribution in [0.4, 0.5) is 0 Å². The minimum atomic E-state index is 0.0122. The predicted molar refractivity (Wildman–Crippen MR) is 59.3 cm³/mol. The lowest BCUT2D eigenvalue weighted by atomic mass is 10.0. The Balaban J connectivity index is 2.44. The lowest BCUT2D eigenvalue weighted by Crippen LogP contribution is -2.12. The fourth-order valence-electron chi connectivity index (χ4n) is 1.59. The molecule has 0 atom stereocenters. The van der Waals surface area contributed by atoms with Crippen LogP contribution in [-0.4, -0.2) is 5.91 Å². The van der Waals surface area contributed by atoms with E-state index in [-0.39, 0.29) is 5.91 Å². The first-order valence-corrected chi connectivity index (χ1v) is 5.10. The molecule has 15 heavy (non-hydrogen) atoms. The van der Waals surface area contributed by atoms with Gasteiger partial charge < -0.3 is 5.32 Å². The largest absolute Gasteiger partial charge is 0.348 e. The van der Waals surface area contributed by atoms with Crippen LogP contribution in [0.25, 0.3) is 0 Å². The summed E-state index contributed by atoms with van der Waals surface area (Å²) >= 11 is 0. The molecule has 1 heterocycles. The number of hydrogen-bond donors (Lipinski definition) is 1. The van der Waals surface area contributed by atoms with Crippen LogP contribution in [-0.2, 0) is 6.54 Å². The van der Waals surface area contributed by atoms with Gasteiger partial charge >= 0.3 is 0 Å². The molecule has 2 heteroatoms. The van der Waals surface area contributed by atoms with Crippen molar-refractivity contribution in [2.24, 2.45) is 5.92 Å². The minimum absolute atomic E-state index is 0.0122. The van der Waals surface area contributed by atoms with Gasteiger partial charge in [0, 0.05) is 23.6 Å². The Bertz CT molecular complexity index is 463. The Hall–Kier alpha value is -1.75. The molecule has 0 spiro atoms. The molecule has 0 aliphatic carbocycles. The molecule has 1 aromatic rings. The van der Waals surface area contributed by atoms with Crippen LogP contribution in [0.5, 0.6) is 0 Å². The van der Waals surface area contributed by atoms with Crippen molar-refractivity contribution < 1.29 is 4.79 Å². The third-order valence-corrected chi connectivity index (χ3v) is 2.34. The molecule has 1 N–H and O–H groups in total. The van der Waals surface area contributed by atoms with Crippen LogP contribution in [0.15, 0.2) is 18.2 Å². The maximum atomic E-state index is 11.4. The highest BCUT2D eigenvalue weighted by Gasteiger charge is 2.20. The van der Waals surface area contributed by atoms with E-state index in [1.807, 2.05) is 18.2 Å². The number of rotatable bonds is 0. The Morgan fingerprint density at radius 2 is 2.20 bits per heavy atom. The van der Waals surface area contributed by atoms with E-state index in [0.29, 0.717) is 12.5 Å². The van der Waals surface area contributed by atoms with E-state index in [9.17, 15) is 4.79 Å². The van der Waals surface area contributed by atoms with Crippen molar-refractivity contribution in [3.63, 3.8) is 0 Å². The molecule has 2 nitrogen and oxygen atoms in total. The van der Waals surface area contributed by atoms with Gasteiger partial charge in [0.15, 0.2) is 0 Å². The topological polar surface area (TPSA) is 29.1 Å². The average Bonchev–Trinajstić information content (AvgIpc) is 2.58. The van der Waals surface area contributed by atoms with E-state index in [1.165, 1.54) is 0 Å². The molecule has 1 aliphatic heterocycles. The summed E-state index contributed by atoms with van der Waals surface area (Å²) in [6.07, 6.45) is 0. The van der Waals surface area contributed by atoms with Gasteiger partial charge in [-0.3, -0.25) is 4.79 Å². The van der Waals surface area contributed by atoms with Crippen molar-refractivity contribution in [2.75, 3.05) is 0 Å². The smallest absolute Gasteiger partial charge is 0.251 e. The average molecular weight is 199 g/mol. The highest BCUT2D eigenvalue weighted by Crippen LogP contribution is 2.19. The number of benzene rings is 1. The third kappa shape index (κ3) is 1.87. The quantitative estimate of drug-likeness (QED) is 0.636. The van der Waals surface area contributed by atoms with Crippen LogP contribution in [0.1, 0.15) is 35.3 Å². The number of fused-ring (bicyclic) bond motifs is 1. The van der Waals surface area contributed by atoms with Crippen molar-refractivity contribution in [1.29, 1.82) is 0 Å². The van der Waals surface area contributed by atoms with Gasteiger partial charge in [0.05, 0.1) is 0 Å². The van der Waals surface area contributed by atoms with Crippen molar-refractivity contribution >= 4 is 5.91 Å². The molecular weight excluding hydrogens is 186 g/mol. The fraction of sp³-hybridized carbons (Fsp3) is 0.308. The van der Waals surface area contributed by atoms with Crippen molar-refractivity contribution in [3.8, 4) is 11.8 Å². The highest BCUT2D eigenvalue weighted by atomic mass is 16.1. The summed E-state index contributed by atoms with van der Waals surface area (Å²) in [5.74, 6) is 6.60. The second kappa shape index (κ2) is 3.78. The Morgan fingerprint density at radius 1 is 1.40 bits per heavy atom. The summed E-state index contributed by atoms with van der Waals surface area (Å²) in [5, 5.41) is 2.81.